The summed E-state index contributed by atoms with van der Waals surface area (Å²) in [6.45, 7) is 3.88. The number of hydrogen-bond acceptors (Lipinski definition) is 9. The Hall–Kier alpha value is -4.45. The van der Waals surface area contributed by atoms with Crippen molar-refractivity contribution in [2.24, 2.45) is 5.10 Å². The van der Waals surface area contributed by atoms with Gasteiger partial charge in [-0.25, -0.2) is 9.59 Å². The van der Waals surface area contributed by atoms with Crippen molar-refractivity contribution in [1.82, 2.24) is 16.1 Å². The number of nitrogens with zero attached hydrogens (tertiary/aromatic N) is 1. The van der Waals surface area contributed by atoms with E-state index in [-0.39, 0.29) is 12.2 Å². The van der Waals surface area contributed by atoms with E-state index in [0.29, 0.717) is 57.3 Å². The van der Waals surface area contributed by atoms with Crippen molar-refractivity contribution in [1.29, 1.82) is 0 Å². The number of methoxy groups -OCH3 is 1. The summed E-state index contributed by atoms with van der Waals surface area (Å²) in [5, 5.41) is 20.4. The molecule has 3 aromatic carbocycles. The molecule has 1 aliphatic heterocycles. The second kappa shape index (κ2) is 15.3. The second-order valence-corrected chi connectivity index (χ2v) is 10.3. The Morgan fingerprint density at radius 2 is 1.80 bits per heavy atom. The van der Waals surface area contributed by atoms with Gasteiger partial charge < -0.3 is 34.7 Å². The number of hydrazone groups is 1. The van der Waals surface area contributed by atoms with Crippen LogP contribution in [0.15, 0.2) is 77.0 Å². The summed E-state index contributed by atoms with van der Waals surface area (Å²) in [6, 6.07) is 16.7. The highest BCUT2D eigenvalue weighted by molar-refractivity contribution is 6.37. The molecule has 0 saturated heterocycles. The topological polar surface area (TPSA) is 140 Å². The molecule has 0 aliphatic carbocycles. The predicted octanol–water partition coefficient (Wildman–Crippen LogP) is 5.09. The molecule has 0 radical (unpaired) electrons. The van der Waals surface area contributed by atoms with Gasteiger partial charge in [0.05, 0.1) is 41.6 Å². The molecule has 0 fully saturated rings. The van der Waals surface area contributed by atoms with Crippen molar-refractivity contribution in [3.8, 4) is 17.2 Å². The first-order chi connectivity index (χ1) is 21.2. The van der Waals surface area contributed by atoms with Gasteiger partial charge >= 0.3 is 12.0 Å². The number of allylic oxidation sites excluding steroid dienone is 1. The smallest absolute Gasteiger partial charge is 0.337 e. The lowest BCUT2D eigenvalue weighted by Gasteiger charge is -2.28. The van der Waals surface area contributed by atoms with Crippen molar-refractivity contribution < 1.29 is 33.6 Å². The molecule has 13 heteroatoms. The zero-order chi connectivity index (χ0) is 31.6. The Kier molecular flexibility index (Phi) is 11.3. The third kappa shape index (κ3) is 8.34. The molecule has 232 valence electrons. The molecule has 1 aliphatic rings. The summed E-state index contributed by atoms with van der Waals surface area (Å²) in [5.74, 6) is 0.479. The second-order valence-electron chi connectivity index (χ2n) is 9.50. The number of esters is 1. The number of hydrogen-bond donors (Lipinski definition) is 4. The average molecular weight is 644 g/mol. The molecule has 0 unspecified atom stereocenters. The first-order valence-corrected chi connectivity index (χ1v) is 14.3. The highest BCUT2D eigenvalue weighted by atomic mass is 35.5. The number of benzene rings is 3. The molecule has 4 rings (SSSR count). The van der Waals surface area contributed by atoms with Crippen LogP contribution in [0.4, 0.5) is 4.79 Å². The van der Waals surface area contributed by atoms with E-state index in [0.717, 1.165) is 5.56 Å². The van der Waals surface area contributed by atoms with Crippen LogP contribution in [0.3, 0.4) is 0 Å². The van der Waals surface area contributed by atoms with Gasteiger partial charge in [-0.2, -0.15) is 5.10 Å². The molecule has 11 nitrogen and oxygen atoms in total. The number of rotatable bonds is 13. The van der Waals surface area contributed by atoms with Crippen LogP contribution in [-0.4, -0.2) is 49.9 Å². The summed E-state index contributed by atoms with van der Waals surface area (Å²) in [6.07, 6.45) is 0.268. The van der Waals surface area contributed by atoms with E-state index in [1.165, 1.54) is 13.3 Å². The number of ether oxygens (including phenoxy) is 4. The predicted molar refractivity (Wildman–Crippen MR) is 166 cm³/mol. The summed E-state index contributed by atoms with van der Waals surface area (Å²) < 4.78 is 22.2. The maximum atomic E-state index is 12.4. The Morgan fingerprint density at radius 1 is 1.07 bits per heavy atom. The molecule has 2 atom stereocenters. The van der Waals surface area contributed by atoms with Crippen LogP contribution in [0.2, 0.25) is 10.0 Å². The molecule has 0 bridgehead atoms. The summed E-state index contributed by atoms with van der Waals surface area (Å²) in [4.78, 5) is 24.6. The molecule has 4 N–H and O–H groups in total. The van der Waals surface area contributed by atoms with Crippen LogP contribution in [0.5, 0.6) is 17.2 Å². The van der Waals surface area contributed by atoms with Gasteiger partial charge in [-0.05, 0) is 54.8 Å². The maximum Gasteiger partial charge on any atom is 0.337 e. The first-order valence-electron chi connectivity index (χ1n) is 13.6. The number of urea groups is 1. The largest absolute Gasteiger partial charge is 0.490 e. The van der Waals surface area contributed by atoms with Crippen molar-refractivity contribution in [3.63, 3.8) is 0 Å². The fraction of sp³-hybridized carbons (Fsp3) is 0.258. The lowest BCUT2D eigenvalue weighted by molar-refractivity contribution is -0.136. The quantitative estimate of drug-likeness (QED) is 0.0875. The molecule has 44 heavy (non-hydrogen) atoms. The molecule has 0 aromatic heterocycles. The number of aliphatic hydroxyl groups is 1. The molecule has 1 heterocycles. The van der Waals surface area contributed by atoms with Crippen LogP contribution >= 0.6 is 23.2 Å². The number of carbonyl (C=O) groups excluding carboxylic acids is 2. The van der Waals surface area contributed by atoms with Crippen LogP contribution in [0.25, 0.3) is 0 Å². The van der Waals surface area contributed by atoms with Gasteiger partial charge in [-0.1, -0.05) is 59.6 Å². The van der Waals surface area contributed by atoms with Crippen LogP contribution in [-0.2, 0) is 16.1 Å². The SMILES string of the molecule is CCOc1cc([C@@H]2NC(=O)NC(C)=C2C(=O)OC)ccc1OC[C@H](O)N/N=C\c1cc(Cl)c(OCc2ccccc2)c(Cl)c1. The number of amides is 2. The third-order valence-electron chi connectivity index (χ3n) is 6.36. The van der Waals surface area contributed by atoms with E-state index in [1.807, 2.05) is 30.3 Å². The Labute approximate surface area is 264 Å². The zero-order valence-corrected chi connectivity index (χ0v) is 25.7. The summed E-state index contributed by atoms with van der Waals surface area (Å²) >= 11 is 12.8. The Morgan fingerprint density at radius 3 is 2.48 bits per heavy atom. The fourth-order valence-corrected chi connectivity index (χ4v) is 4.95. The lowest BCUT2D eigenvalue weighted by Crippen LogP contribution is -2.45. The number of carbonyl (C=O) groups is 2. The summed E-state index contributed by atoms with van der Waals surface area (Å²) in [7, 11) is 1.27. The van der Waals surface area contributed by atoms with Crippen molar-refractivity contribution >= 4 is 41.4 Å². The van der Waals surface area contributed by atoms with Gasteiger partial charge in [0, 0.05) is 5.70 Å². The minimum atomic E-state index is -1.18. The monoisotopic (exact) mass is 642 g/mol. The highest BCUT2D eigenvalue weighted by Gasteiger charge is 2.32. The third-order valence-corrected chi connectivity index (χ3v) is 6.92. The maximum absolute atomic E-state index is 12.4. The van der Waals surface area contributed by atoms with E-state index in [4.69, 9.17) is 42.1 Å². The van der Waals surface area contributed by atoms with Crippen LogP contribution in [0.1, 0.15) is 36.6 Å². The molecule has 0 saturated carbocycles. The Bertz CT molecular complexity index is 1530. The van der Waals surface area contributed by atoms with E-state index in [9.17, 15) is 14.7 Å². The van der Waals surface area contributed by atoms with Gasteiger partial charge in [-0.15, -0.1) is 0 Å². The first kappa shape index (κ1) is 32.5. The van der Waals surface area contributed by atoms with Gasteiger partial charge in [-0.3, -0.25) is 5.43 Å². The fourth-order valence-electron chi connectivity index (χ4n) is 4.34. The van der Waals surface area contributed by atoms with E-state index in [1.54, 1.807) is 44.2 Å². The van der Waals surface area contributed by atoms with Gasteiger partial charge in [0.25, 0.3) is 0 Å². The van der Waals surface area contributed by atoms with Crippen LogP contribution < -0.4 is 30.3 Å². The van der Waals surface area contributed by atoms with E-state index in [2.05, 4.69) is 21.2 Å². The van der Waals surface area contributed by atoms with Gasteiger partial charge in [0.2, 0.25) is 0 Å². The Balaban J connectivity index is 1.37. The molecule has 0 spiro atoms. The number of aliphatic hydroxyl groups excluding tert-OH is 1. The van der Waals surface area contributed by atoms with Crippen molar-refractivity contribution in [2.75, 3.05) is 20.3 Å². The molecular weight excluding hydrogens is 611 g/mol. The van der Waals surface area contributed by atoms with Crippen LogP contribution in [0, 0.1) is 0 Å². The van der Waals surface area contributed by atoms with Crippen molar-refractivity contribution in [3.05, 3.63) is 98.7 Å². The molecule has 3 aromatic rings. The van der Waals surface area contributed by atoms with Gasteiger partial charge in [0.15, 0.2) is 23.5 Å². The minimum Gasteiger partial charge on any atom is -0.490 e. The standard InChI is InChI=1S/C31H32Cl2N4O7/c1-4-42-25-14-21(28-27(30(39)41-3)18(2)35-31(40)36-28)10-11-24(25)43-17-26(38)37-34-15-20-12-22(32)29(23(33)13-20)44-16-19-8-6-5-7-9-19/h5-15,26,28,37-38H,4,16-17H2,1-3H3,(H2,35,36,40)/b34-15-/t26-,28-/m0/s1. The lowest BCUT2D eigenvalue weighted by atomic mass is 9.95. The molecule has 2 amide bonds. The van der Waals surface area contributed by atoms with E-state index < -0.39 is 24.3 Å². The summed E-state index contributed by atoms with van der Waals surface area (Å²) in [5.41, 5.74) is 5.37. The minimum absolute atomic E-state index is 0.180. The van der Waals surface area contributed by atoms with Gasteiger partial charge in [0.1, 0.15) is 13.2 Å². The zero-order valence-electron chi connectivity index (χ0n) is 24.2. The number of halogens is 2. The normalized spacial score (nSPS) is 15.3. The van der Waals surface area contributed by atoms with E-state index >= 15 is 0 Å². The molecular formula is C31H32Cl2N4O7. The van der Waals surface area contributed by atoms with Crippen molar-refractivity contribution in [2.45, 2.75) is 32.7 Å². The average Bonchev–Trinajstić information content (AvgIpc) is 3.00. The number of nitrogens with one attached hydrogen (secondary N) is 3. The highest BCUT2D eigenvalue weighted by Crippen LogP contribution is 2.36.